The van der Waals surface area contributed by atoms with Gasteiger partial charge in [-0.3, -0.25) is 67.3 Å². The number of carbonyl (C=O) groups excluding carboxylic acids is 13. The van der Waals surface area contributed by atoms with E-state index in [0.717, 1.165) is 16.5 Å². The highest BCUT2D eigenvalue weighted by atomic mass is 16.2. The van der Waals surface area contributed by atoms with Crippen LogP contribution in [0.5, 0.6) is 0 Å². The molecule has 4 saturated heterocycles. The van der Waals surface area contributed by atoms with Crippen LogP contribution in [-0.4, -0.2) is 213 Å². The lowest BCUT2D eigenvalue weighted by Gasteiger charge is -2.38. The fraction of sp³-hybridized carbons (Fsp3) is 0.541. The molecule has 5 heterocycles. The third-order valence-electron chi connectivity index (χ3n) is 20.2. The van der Waals surface area contributed by atoms with Crippen molar-refractivity contribution in [2.24, 2.45) is 51.0 Å². The number of primary amides is 3. The summed E-state index contributed by atoms with van der Waals surface area (Å²) < 4.78 is 0. The summed E-state index contributed by atoms with van der Waals surface area (Å²) in [7, 11) is 0. The van der Waals surface area contributed by atoms with Gasteiger partial charge in [0, 0.05) is 81.9 Å². The maximum absolute atomic E-state index is 15.6. The van der Waals surface area contributed by atoms with E-state index in [0.29, 0.717) is 62.5 Å². The molecule has 32 nitrogen and oxygen atoms in total. The van der Waals surface area contributed by atoms with Crippen molar-refractivity contribution in [3.8, 4) is 0 Å². The molecule has 1 unspecified atom stereocenters. The number of benzene rings is 3. The highest BCUT2D eigenvalue weighted by Crippen LogP contribution is 2.41. The molecule has 3 aromatic carbocycles. The van der Waals surface area contributed by atoms with E-state index in [4.69, 9.17) is 40.1 Å². The van der Waals surface area contributed by atoms with Crippen LogP contribution >= 0.6 is 0 Å². The van der Waals surface area contributed by atoms with E-state index in [1.165, 1.54) is 14.7 Å². The van der Waals surface area contributed by atoms with Crippen LogP contribution in [0.4, 0.5) is 0 Å². The van der Waals surface area contributed by atoms with Gasteiger partial charge < -0.3 is 96.6 Å². The second-order valence-corrected chi connectivity index (χ2v) is 28.6. The van der Waals surface area contributed by atoms with Gasteiger partial charge in [-0.25, -0.2) is 0 Å². The second kappa shape index (κ2) is 38.5. The zero-order valence-electron chi connectivity index (χ0n) is 60.5. The normalized spacial score (nSPS) is 19.3. The molecule has 4 fully saturated rings. The summed E-state index contributed by atoms with van der Waals surface area (Å²) in [6, 6.07) is 12.5. The number of nitrogens with one attached hydrogen (secondary N) is 7. The number of amides is 13. The molecule has 4 aliphatic heterocycles. The lowest BCUT2D eigenvalue weighted by Crippen LogP contribution is -2.61. The van der Waals surface area contributed by atoms with Gasteiger partial charge >= 0.3 is 0 Å². The fourth-order valence-electron chi connectivity index (χ4n) is 14.8. The van der Waals surface area contributed by atoms with E-state index < -0.39 is 168 Å². The van der Waals surface area contributed by atoms with Crippen LogP contribution in [0.25, 0.3) is 10.9 Å². The highest BCUT2D eigenvalue weighted by Gasteiger charge is 2.55. The maximum Gasteiger partial charge on any atom is 0.246 e. The summed E-state index contributed by atoms with van der Waals surface area (Å²) in [6.07, 6.45) is 3.71. The summed E-state index contributed by atoms with van der Waals surface area (Å²) in [5, 5.41) is 17.5. The van der Waals surface area contributed by atoms with E-state index >= 15 is 9.59 Å². The molecule has 0 radical (unpaired) electrons. The van der Waals surface area contributed by atoms with Crippen molar-refractivity contribution >= 4 is 93.7 Å². The first-order valence-corrected chi connectivity index (χ1v) is 36.7. The van der Waals surface area contributed by atoms with E-state index in [9.17, 15) is 52.7 Å². The van der Waals surface area contributed by atoms with E-state index in [-0.39, 0.29) is 103 Å². The minimum atomic E-state index is -1.64. The van der Waals surface area contributed by atoms with Crippen molar-refractivity contribution in [3.05, 3.63) is 108 Å². The third kappa shape index (κ3) is 22.0. The third-order valence-corrected chi connectivity index (χ3v) is 20.2. The number of aliphatic imine (C=N–C) groups is 1. The number of para-hydroxylation sites is 1. The fourth-order valence-corrected chi connectivity index (χ4v) is 14.8. The standard InChI is InChI=1S/C74H105N19O13/c1-44(2)37-59(69(103)87-54(63(79)97)40-47-42-83-50-23-10-9-21-48(47)50)92-43-74(41-62(92)96)31-16-36-93(74)72(106)56(39-46-19-7-4-8-20-46)89-66(100)55(38-45-17-5-3-6-18-45)88-65(99)51(27-29-60(77)94)84-64(98)52(28-30-61(78)95)85-67(101)58-26-15-35-91(58)71(105)53(24-11-12-32-75)86-68(102)57-25-14-34-90(57)70(104)49(76)22-13-33-82-73(80)81/h3-10,17-21,23,42,44,49,51-59,83H,11-16,22,24-41,43,75-76H2,1-2H3,(H2,77,94)(H2,78,95)(H2,79,97)(H,84,98)(H,85,101)(H,86,102)(H,87,103)(H,88,99)(H,89,100)(H4,80,81,82)/t49-,51-,52-,53-,54-,55-,56-,57-,58-,59-,74?/m0/s1. The van der Waals surface area contributed by atoms with Crippen molar-refractivity contribution in [2.75, 3.05) is 39.3 Å². The van der Waals surface area contributed by atoms with Gasteiger partial charge in [0.25, 0.3) is 0 Å². The van der Waals surface area contributed by atoms with Gasteiger partial charge in [0.15, 0.2) is 5.96 Å². The number of unbranched alkanes of at least 4 members (excludes halogenated alkanes) is 1. The maximum atomic E-state index is 15.6. The largest absolute Gasteiger partial charge is 0.370 e. The molecule has 21 N–H and O–H groups in total. The minimum Gasteiger partial charge on any atom is -0.370 e. The Kier molecular flexibility index (Phi) is 29.5. The zero-order valence-corrected chi connectivity index (χ0v) is 60.5. The summed E-state index contributed by atoms with van der Waals surface area (Å²) in [5.74, 6) is -9.50. The Morgan fingerprint density at radius 1 is 0.566 bits per heavy atom. The van der Waals surface area contributed by atoms with Gasteiger partial charge in [0.05, 0.1) is 18.0 Å². The van der Waals surface area contributed by atoms with Crippen LogP contribution in [0, 0.1) is 5.92 Å². The quantitative estimate of drug-likeness (QED) is 0.0139. The van der Waals surface area contributed by atoms with Crippen LogP contribution in [-0.2, 0) is 81.6 Å². The number of guanidine groups is 1. The van der Waals surface area contributed by atoms with Crippen LogP contribution in [0.3, 0.4) is 0 Å². The van der Waals surface area contributed by atoms with Crippen LogP contribution < -0.4 is 72.0 Å². The number of H-pyrrole nitrogens is 1. The Morgan fingerprint density at radius 3 is 1.69 bits per heavy atom. The van der Waals surface area contributed by atoms with Gasteiger partial charge in [-0.1, -0.05) is 92.7 Å². The predicted molar refractivity (Wildman–Crippen MR) is 393 cm³/mol. The first-order chi connectivity index (χ1) is 50.7. The molecule has 0 saturated carbocycles. The van der Waals surface area contributed by atoms with Crippen LogP contribution in [0.15, 0.2) is 96.1 Å². The number of likely N-dealkylation sites (tertiary alicyclic amines) is 4. The molecule has 8 rings (SSSR count). The Balaban J connectivity index is 0.989. The lowest BCUT2D eigenvalue weighted by molar-refractivity contribution is -0.144. The molecule has 0 bridgehead atoms. The van der Waals surface area contributed by atoms with Crippen molar-refractivity contribution in [2.45, 2.75) is 208 Å². The van der Waals surface area contributed by atoms with Crippen molar-refractivity contribution in [1.82, 2.24) is 56.5 Å². The number of aromatic amines is 1. The Morgan fingerprint density at radius 2 is 1.10 bits per heavy atom. The van der Waals surface area contributed by atoms with Crippen molar-refractivity contribution in [1.29, 1.82) is 0 Å². The topological polar surface area (TPSA) is 517 Å². The second-order valence-electron chi connectivity index (χ2n) is 28.6. The number of hydrogen-bond donors (Lipinski definition) is 14. The number of aromatic nitrogens is 1. The predicted octanol–water partition coefficient (Wildman–Crippen LogP) is -1.38. The Bertz CT molecular complexity index is 3820. The smallest absolute Gasteiger partial charge is 0.246 e. The average molecular weight is 1470 g/mol. The van der Waals surface area contributed by atoms with Crippen LogP contribution in [0.1, 0.15) is 140 Å². The molecule has 4 aromatic rings. The minimum absolute atomic E-state index is 0.0405. The van der Waals surface area contributed by atoms with Gasteiger partial charge in [0.2, 0.25) is 76.8 Å². The molecule has 1 spiro atoms. The Labute approximate surface area is 616 Å². The van der Waals surface area contributed by atoms with Crippen LogP contribution in [0.2, 0.25) is 0 Å². The molecule has 0 aliphatic carbocycles. The molecular formula is C74H105N19O13. The molecule has 1 aromatic heterocycles. The number of fused-ring (bicyclic) bond motifs is 1. The number of nitrogens with two attached hydrogens (primary N) is 7. The first-order valence-electron chi connectivity index (χ1n) is 36.7. The summed E-state index contributed by atoms with van der Waals surface area (Å²) in [5.41, 5.74) is 41.8. The molecule has 13 amide bonds. The molecule has 106 heavy (non-hydrogen) atoms. The number of hydrogen-bond acceptors (Lipinski definition) is 16. The summed E-state index contributed by atoms with van der Waals surface area (Å²) in [6.45, 7) is 4.81. The van der Waals surface area contributed by atoms with Crippen molar-refractivity contribution in [3.63, 3.8) is 0 Å². The zero-order chi connectivity index (χ0) is 76.8. The van der Waals surface area contributed by atoms with Crippen molar-refractivity contribution < 1.29 is 62.3 Å². The SMILES string of the molecule is CC(C)C[C@@H](C(=O)N[C@@H](Cc1c[nH]c2ccccc12)C(N)=O)N1CC2(CCCN2C(=O)[C@H](Cc2ccccc2)NC(=O)[C@H](Cc2ccccc2)NC(=O)[C@H](CCC(N)=O)NC(=O)[C@H](CCC(N)=O)NC(=O)[C@@H]2CCCN2C(=O)[C@H](CCCCN)NC(=O)[C@@H]2CCCN2C(=O)[C@@H](N)CCCN=C(N)N)CC1=O. The summed E-state index contributed by atoms with van der Waals surface area (Å²) in [4.78, 5) is 197. The first kappa shape index (κ1) is 81.2. The average Bonchev–Trinajstić information content (AvgIpc) is 1.59. The summed E-state index contributed by atoms with van der Waals surface area (Å²) >= 11 is 0. The lowest BCUT2D eigenvalue weighted by atomic mass is 9.93. The number of nitrogens with zero attached hydrogens (tertiary/aromatic N) is 5. The van der Waals surface area contributed by atoms with E-state index in [1.807, 2.05) is 38.1 Å². The van der Waals surface area contributed by atoms with Gasteiger partial charge in [-0.2, -0.15) is 0 Å². The molecule has 574 valence electrons. The monoisotopic (exact) mass is 1470 g/mol. The Hall–Kier alpha value is -10.5. The number of carbonyl (C=O) groups is 13. The van der Waals surface area contributed by atoms with Gasteiger partial charge in [-0.15, -0.1) is 0 Å². The molecule has 32 heteroatoms. The van der Waals surface area contributed by atoms with Gasteiger partial charge in [-0.05, 0) is 125 Å². The van der Waals surface area contributed by atoms with E-state index in [1.54, 1.807) is 71.8 Å². The molecule has 11 atom stereocenters. The van der Waals surface area contributed by atoms with E-state index in [2.05, 4.69) is 41.9 Å². The van der Waals surface area contributed by atoms with Gasteiger partial charge in [0.1, 0.15) is 54.4 Å². The molecular weight excluding hydrogens is 1360 g/mol. The number of rotatable bonds is 39. The highest BCUT2D eigenvalue weighted by molar-refractivity contribution is 6.00. The molecule has 4 aliphatic rings.